The largest absolute Gasteiger partial charge is 0.497 e. The van der Waals surface area contributed by atoms with Gasteiger partial charge in [-0.1, -0.05) is 18.2 Å². The van der Waals surface area contributed by atoms with Crippen molar-refractivity contribution in [3.05, 3.63) is 66.1 Å². The Morgan fingerprint density at radius 3 is 2.52 bits per heavy atom. The number of ether oxygens (including phenoxy) is 2. The summed E-state index contributed by atoms with van der Waals surface area (Å²) in [5.41, 5.74) is 2.71. The zero-order valence-electron chi connectivity index (χ0n) is 15.3. The van der Waals surface area contributed by atoms with E-state index in [1.54, 1.807) is 31.4 Å². The van der Waals surface area contributed by atoms with Crippen molar-refractivity contribution in [1.29, 1.82) is 0 Å². The third-order valence-electron chi connectivity index (χ3n) is 3.96. The number of benzene rings is 2. The highest BCUT2D eigenvalue weighted by Crippen LogP contribution is 2.29. The molecule has 3 rings (SSSR count). The van der Waals surface area contributed by atoms with Crippen LogP contribution >= 0.6 is 0 Å². The van der Waals surface area contributed by atoms with Gasteiger partial charge in [0, 0.05) is 17.8 Å². The van der Waals surface area contributed by atoms with Gasteiger partial charge in [-0.05, 0) is 30.7 Å². The Kier molecular flexibility index (Phi) is 5.51. The van der Waals surface area contributed by atoms with Crippen LogP contribution in [0.4, 0.5) is 17.2 Å². The van der Waals surface area contributed by atoms with Gasteiger partial charge in [0.15, 0.2) is 0 Å². The number of aromatic nitrogens is 2. The van der Waals surface area contributed by atoms with Crippen molar-refractivity contribution in [3.8, 4) is 11.5 Å². The summed E-state index contributed by atoms with van der Waals surface area (Å²) in [7, 11) is 3.09. The van der Waals surface area contributed by atoms with Gasteiger partial charge in [0.2, 0.25) is 0 Å². The first-order valence-electron chi connectivity index (χ1n) is 8.29. The number of carbonyl (C=O) groups is 1. The Balaban J connectivity index is 1.81. The summed E-state index contributed by atoms with van der Waals surface area (Å²) in [4.78, 5) is 20.9. The van der Waals surface area contributed by atoms with Crippen LogP contribution in [0.25, 0.3) is 0 Å². The predicted octanol–water partition coefficient (Wildman–Crippen LogP) is 3.80. The van der Waals surface area contributed by atoms with Crippen molar-refractivity contribution in [2.75, 3.05) is 24.9 Å². The van der Waals surface area contributed by atoms with E-state index in [2.05, 4.69) is 20.6 Å². The lowest BCUT2D eigenvalue weighted by Crippen LogP contribution is -2.15. The molecule has 0 saturated carbocycles. The maximum absolute atomic E-state index is 12.6. The molecule has 27 heavy (non-hydrogen) atoms. The molecule has 0 aliphatic rings. The Morgan fingerprint density at radius 2 is 1.78 bits per heavy atom. The maximum atomic E-state index is 12.6. The molecular weight excluding hydrogens is 344 g/mol. The van der Waals surface area contributed by atoms with E-state index in [0.29, 0.717) is 23.0 Å². The minimum atomic E-state index is -0.378. The summed E-state index contributed by atoms with van der Waals surface area (Å²) in [6.45, 7) is 1.99. The lowest BCUT2D eigenvalue weighted by atomic mass is 10.2. The molecule has 7 nitrogen and oxygen atoms in total. The van der Waals surface area contributed by atoms with E-state index in [1.807, 2.05) is 31.2 Å². The van der Waals surface area contributed by atoms with E-state index in [9.17, 15) is 4.79 Å². The molecule has 1 heterocycles. The summed E-state index contributed by atoms with van der Waals surface area (Å²) in [5.74, 6) is 1.28. The third-order valence-corrected chi connectivity index (χ3v) is 3.96. The Hall–Kier alpha value is -3.61. The molecular formula is C20H20N4O3. The van der Waals surface area contributed by atoms with Gasteiger partial charge in [-0.15, -0.1) is 0 Å². The number of nitrogens with one attached hydrogen (secondary N) is 2. The summed E-state index contributed by atoms with van der Waals surface area (Å²) >= 11 is 0. The fourth-order valence-corrected chi connectivity index (χ4v) is 2.50. The van der Waals surface area contributed by atoms with E-state index in [-0.39, 0.29) is 11.6 Å². The lowest BCUT2D eigenvalue weighted by Gasteiger charge is -2.12. The average Bonchev–Trinajstić information content (AvgIpc) is 2.70. The molecule has 0 aliphatic carbocycles. The number of aryl methyl sites for hydroxylation is 1. The predicted molar refractivity (Wildman–Crippen MR) is 104 cm³/mol. The van der Waals surface area contributed by atoms with E-state index in [1.165, 1.54) is 13.4 Å². The molecule has 0 fully saturated rings. The second-order valence-corrected chi connectivity index (χ2v) is 5.75. The highest BCUT2D eigenvalue weighted by atomic mass is 16.5. The molecule has 0 bridgehead atoms. The van der Waals surface area contributed by atoms with Crippen LogP contribution in [-0.2, 0) is 0 Å². The van der Waals surface area contributed by atoms with Crippen LogP contribution in [0.1, 0.15) is 16.1 Å². The normalized spacial score (nSPS) is 10.2. The number of hydrogen-bond acceptors (Lipinski definition) is 6. The van der Waals surface area contributed by atoms with Crippen LogP contribution in [-0.4, -0.2) is 30.1 Å². The van der Waals surface area contributed by atoms with E-state index < -0.39 is 0 Å². The summed E-state index contributed by atoms with van der Waals surface area (Å²) in [5, 5.41) is 5.99. The number of amides is 1. The van der Waals surface area contributed by atoms with Gasteiger partial charge < -0.3 is 20.1 Å². The van der Waals surface area contributed by atoms with Crippen molar-refractivity contribution in [1.82, 2.24) is 9.97 Å². The van der Waals surface area contributed by atoms with E-state index in [0.717, 1.165) is 11.3 Å². The lowest BCUT2D eigenvalue weighted by molar-refractivity contribution is 0.102. The Bertz CT molecular complexity index is 959. The van der Waals surface area contributed by atoms with Gasteiger partial charge >= 0.3 is 0 Å². The molecule has 0 unspecified atom stereocenters. The number of anilines is 3. The number of para-hydroxylation sites is 1. The first kappa shape index (κ1) is 18.2. The van der Waals surface area contributed by atoms with Crippen molar-refractivity contribution in [3.63, 3.8) is 0 Å². The highest BCUT2D eigenvalue weighted by molar-refractivity contribution is 6.04. The zero-order valence-corrected chi connectivity index (χ0v) is 15.3. The smallest absolute Gasteiger partial charge is 0.274 e. The average molecular weight is 364 g/mol. The number of carbonyl (C=O) groups excluding carboxylic acids is 1. The van der Waals surface area contributed by atoms with Crippen LogP contribution < -0.4 is 20.1 Å². The molecule has 2 aromatic carbocycles. The van der Waals surface area contributed by atoms with Gasteiger partial charge in [-0.3, -0.25) is 4.79 Å². The quantitative estimate of drug-likeness (QED) is 0.692. The molecule has 0 saturated heterocycles. The fraction of sp³-hybridized carbons (Fsp3) is 0.150. The molecule has 7 heteroatoms. The third kappa shape index (κ3) is 4.33. The van der Waals surface area contributed by atoms with Crippen LogP contribution in [0.2, 0.25) is 0 Å². The first-order valence-corrected chi connectivity index (χ1v) is 8.29. The van der Waals surface area contributed by atoms with Crippen LogP contribution in [0.5, 0.6) is 11.5 Å². The minimum Gasteiger partial charge on any atom is -0.497 e. The molecule has 1 aromatic heterocycles. The first-order chi connectivity index (χ1) is 13.1. The van der Waals surface area contributed by atoms with E-state index >= 15 is 0 Å². The topological polar surface area (TPSA) is 85.4 Å². The van der Waals surface area contributed by atoms with Crippen molar-refractivity contribution < 1.29 is 14.3 Å². The number of rotatable bonds is 6. The Morgan fingerprint density at radius 1 is 0.963 bits per heavy atom. The maximum Gasteiger partial charge on any atom is 0.274 e. The summed E-state index contributed by atoms with van der Waals surface area (Å²) < 4.78 is 10.5. The number of hydrogen-bond donors (Lipinski definition) is 2. The molecule has 3 aromatic rings. The summed E-state index contributed by atoms with van der Waals surface area (Å²) in [6, 6.07) is 14.6. The van der Waals surface area contributed by atoms with Crippen molar-refractivity contribution >= 4 is 23.1 Å². The Labute approximate surface area is 157 Å². The zero-order chi connectivity index (χ0) is 19.2. The van der Waals surface area contributed by atoms with Gasteiger partial charge in [0.05, 0.1) is 19.9 Å². The van der Waals surface area contributed by atoms with Gasteiger partial charge in [-0.25, -0.2) is 9.97 Å². The minimum absolute atomic E-state index is 0.228. The number of methoxy groups -OCH3 is 2. The van der Waals surface area contributed by atoms with Gasteiger partial charge in [0.25, 0.3) is 5.91 Å². The molecule has 138 valence electrons. The standard InChI is InChI=1S/C20H20N4O3/c1-13-6-4-5-7-15(13)23-19-11-17(21-12-22-19)20(25)24-16-10-14(26-2)8-9-18(16)27-3/h4-12H,1-3H3,(H,24,25)(H,21,22,23). The molecule has 2 N–H and O–H groups in total. The second-order valence-electron chi connectivity index (χ2n) is 5.75. The monoisotopic (exact) mass is 364 g/mol. The van der Waals surface area contributed by atoms with Crippen molar-refractivity contribution in [2.45, 2.75) is 6.92 Å². The van der Waals surface area contributed by atoms with Gasteiger partial charge in [-0.2, -0.15) is 0 Å². The summed E-state index contributed by atoms with van der Waals surface area (Å²) in [6.07, 6.45) is 1.35. The van der Waals surface area contributed by atoms with Crippen molar-refractivity contribution in [2.24, 2.45) is 0 Å². The SMILES string of the molecule is COc1ccc(OC)c(NC(=O)c2cc(Nc3ccccc3C)ncn2)c1. The molecule has 1 amide bonds. The van der Waals surface area contributed by atoms with E-state index in [4.69, 9.17) is 9.47 Å². The van der Waals surface area contributed by atoms with Gasteiger partial charge in [0.1, 0.15) is 29.3 Å². The number of nitrogens with zero attached hydrogens (tertiary/aromatic N) is 2. The highest BCUT2D eigenvalue weighted by Gasteiger charge is 2.13. The second kappa shape index (κ2) is 8.18. The molecule has 0 atom stereocenters. The van der Waals surface area contributed by atoms with Crippen LogP contribution in [0.3, 0.4) is 0 Å². The van der Waals surface area contributed by atoms with Crippen LogP contribution in [0.15, 0.2) is 54.9 Å². The van der Waals surface area contributed by atoms with Crippen LogP contribution in [0, 0.1) is 6.92 Å². The molecule has 0 spiro atoms. The fourth-order valence-electron chi connectivity index (χ4n) is 2.50. The molecule has 0 aliphatic heterocycles. The molecule has 0 radical (unpaired) electrons.